The highest BCUT2D eigenvalue weighted by molar-refractivity contribution is 5.21. The average Bonchev–Trinajstić information content (AvgIpc) is 2.84. The van der Waals surface area contributed by atoms with E-state index in [0.29, 0.717) is 18.3 Å². The molecule has 9 atom stereocenters. The number of fused-ring (bicyclic) bond motifs is 2. The van der Waals surface area contributed by atoms with Gasteiger partial charge in [-0.25, -0.2) is 9.78 Å². The Labute approximate surface area is 155 Å². The van der Waals surface area contributed by atoms with Gasteiger partial charge in [-0.05, 0) is 43.9 Å². The van der Waals surface area contributed by atoms with Crippen LogP contribution in [0.4, 0.5) is 0 Å². The number of aliphatic hydroxyl groups is 1. The lowest BCUT2D eigenvalue weighted by Crippen LogP contribution is -2.70. The lowest BCUT2D eigenvalue weighted by Gasteiger charge is -2.60. The summed E-state index contributed by atoms with van der Waals surface area (Å²) in [6.07, 6.45) is 2.68. The van der Waals surface area contributed by atoms with Crippen molar-refractivity contribution in [2.75, 3.05) is 0 Å². The van der Waals surface area contributed by atoms with Crippen molar-refractivity contribution in [1.82, 2.24) is 0 Å². The van der Waals surface area contributed by atoms with Gasteiger partial charge in [0.05, 0.1) is 23.9 Å². The molecule has 2 bridgehead atoms. The van der Waals surface area contributed by atoms with E-state index in [2.05, 4.69) is 20.4 Å². The fourth-order valence-electron chi connectivity index (χ4n) is 5.68. The van der Waals surface area contributed by atoms with Gasteiger partial charge < -0.3 is 14.6 Å². The molecule has 5 fully saturated rings. The summed E-state index contributed by atoms with van der Waals surface area (Å²) >= 11 is 0. The van der Waals surface area contributed by atoms with Crippen molar-refractivity contribution < 1.29 is 24.4 Å². The molecule has 4 heterocycles. The third-order valence-electron chi connectivity index (χ3n) is 7.30. The van der Waals surface area contributed by atoms with Gasteiger partial charge in [-0.15, -0.1) is 0 Å². The highest BCUT2D eigenvalue weighted by atomic mass is 17.3. The molecule has 5 rings (SSSR count). The average molecular weight is 363 g/mol. The molecule has 1 N–H and O–H groups in total. The third-order valence-corrected chi connectivity index (χ3v) is 7.30. The summed E-state index contributed by atoms with van der Waals surface area (Å²) in [4.78, 5) is 11.9. The zero-order chi connectivity index (χ0) is 18.7. The SMILES string of the molecule is C=C(C#N)[C@H](O)C[C@H]1O[C@@H]2O[C@]3(C)CC[C@H]4[C@H](C)CC[C@@H]([C@H]1C)[C@@]24OO3. The van der Waals surface area contributed by atoms with Crippen molar-refractivity contribution >= 4 is 0 Å². The second-order valence-electron chi connectivity index (χ2n) is 8.83. The highest BCUT2D eigenvalue weighted by Crippen LogP contribution is 2.60. The molecule has 4 aliphatic heterocycles. The van der Waals surface area contributed by atoms with E-state index in [1.54, 1.807) is 0 Å². The van der Waals surface area contributed by atoms with E-state index >= 15 is 0 Å². The summed E-state index contributed by atoms with van der Waals surface area (Å²) in [5, 5.41) is 19.3. The standard InChI is InChI=1S/C20H29NO5/c1-11-5-6-15-13(3)17(9-16(22)12(2)10-21)23-18-20(15)14(11)7-8-19(4,24-18)25-26-20/h11,13-18,22H,2,5-9H2,1,3-4H3/t11-,13-,14+,15+,16-,17-,18-,19+,20-/m1/s1. The number of aliphatic hydroxyl groups excluding tert-OH is 1. The normalized spacial score (nSPS) is 51.0. The van der Waals surface area contributed by atoms with Crippen LogP contribution in [0.25, 0.3) is 0 Å². The molecule has 1 spiro atoms. The minimum Gasteiger partial charge on any atom is -0.388 e. The Morgan fingerprint density at radius 1 is 1.27 bits per heavy atom. The van der Waals surface area contributed by atoms with Crippen molar-refractivity contribution in [3.05, 3.63) is 12.2 Å². The quantitative estimate of drug-likeness (QED) is 0.613. The van der Waals surface area contributed by atoms with Crippen LogP contribution >= 0.6 is 0 Å². The molecule has 0 amide bonds. The molecule has 4 saturated heterocycles. The van der Waals surface area contributed by atoms with Crippen molar-refractivity contribution in [2.24, 2.45) is 23.7 Å². The number of ether oxygens (including phenoxy) is 2. The van der Waals surface area contributed by atoms with Gasteiger partial charge in [0.2, 0.25) is 5.79 Å². The Morgan fingerprint density at radius 2 is 2.04 bits per heavy atom. The number of hydrogen-bond donors (Lipinski definition) is 1. The maximum absolute atomic E-state index is 10.3. The van der Waals surface area contributed by atoms with E-state index in [-0.39, 0.29) is 23.5 Å². The van der Waals surface area contributed by atoms with E-state index in [1.165, 1.54) is 0 Å². The molecule has 6 heteroatoms. The second kappa shape index (κ2) is 6.29. The molecule has 26 heavy (non-hydrogen) atoms. The zero-order valence-electron chi connectivity index (χ0n) is 15.8. The van der Waals surface area contributed by atoms with Gasteiger partial charge in [-0.1, -0.05) is 20.4 Å². The Hall–Kier alpha value is -0.970. The van der Waals surface area contributed by atoms with Crippen molar-refractivity contribution in [3.63, 3.8) is 0 Å². The van der Waals surface area contributed by atoms with Crippen LogP contribution in [0.1, 0.15) is 52.9 Å². The van der Waals surface area contributed by atoms with Gasteiger partial charge in [-0.3, -0.25) is 0 Å². The minimum absolute atomic E-state index is 0.164. The van der Waals surface area contributed by atoms with E-state index in [9.17, 15) is 5.11 Å². The van der Waals surface area contributed by atoms with Gasteiger partial charge in [-0.2, -0.15) is 5.26 Å². The molecule has 0 aromatic rings. The van der Waals surface area contributed by atoms with Gasteiger partial charge in [0.15, 0.2) is 11.9 Å². The first-order chi connectivity index (χ1) is 12.3. The third kappa shape index (κ3) is 2.56. The Kier molecular flexibility index (Phi) is 4.45. The van der Waals surface area contributed by atoms with Crippen LogP contribution in [0.2, 0.25) is 0 Å². The van der Waals surface area contributed by atoms with E-state index in [0.717, 1.165) is 25.7 Å². The Morgan fingerprint density at radius 3 is 2.77 bits per heavy atom. The summed E-state index contributed by atoms with van der Waals surface area (Å²) in [7, 11) is 0. The Balaban J connectivity index is 1.66. The van der Waals surface area contributed by atoms with Gasteiger partial charge in [0, 0.05) is 18.8 Å². The van der Waals surface area contributed by atoms with Crippen molar-refractivity contribution in [3.8, 4) is 6.07 Å². The molecule has 0 aromatic heterocycles. The fraction of sp³-hybridized carbons (Fsp3) is 0.850. The summed E-state index contributed by atoms with van der Waals surface area (Å²) in [6.45, 7) is 9.98. The molecular formula is C20H29NO5. The van der Waals surface area contributed by atoms with Crippen LogP contribution in [0.15, 0.2) is 12.2 Å². The Bertz CT molecular complexity index is 632. The molecular weight excluding hydrogens is 334 g/mol. The number of nitriles is 1. The zero-order valence-corrected chi connectivity index (χ0v) is 15.8. The van der Waals surface area contributed by atoms with E-state index in [4.69, 9.17) is 24.5 Å². The summed E-state index contributed by atoms with van der Waals surface area (Å²) in [5.41, 5.74) is -0.410. The van der Waals surface area contributed by atoms with Crippen LogP contribution in [0.3, 0.4) is 0 Å². The monoisotopic (exact) mass is 363 g/mol. The lowest BCUT2D eigenvalue weighted by molar-refractivity contribution is -0.571. The fourth-order valence-corrected chi connectivity index (χ4v) is 5.68. The number of rotatable bonds is 3. The molecule has 6 nitrogen and oxygen atoms in total. The van der Waals surface area contributed by atoms with Gasteiger partial charge in [0.25, 0.3) is 0 Å². The lowest BCUT2D eigenvalue weighted by atomic mass is 9.57. The number of nitrogens with zero attached hydrogens (tertiary/aromatic N) is 1. The van der Waals surface area contributed by atoms with Crippen molar-refractivity contribution in [2.45, 2.75) is 82.8 Å². The molecule has 1 saturated carbocycles. The first-order valence-electron chi connectivity index (χ1n) is 9.78. The minimum atomic E-state index is -0.893. The molecule has 0 unspecified atom stereocenters. The highest BCUT2D eigenvalue weighted by Gasteiger charge is 2.69. The predicted molar refractivity (Wildman–Crippen MR) is 92.2 cm³/mol. The first-order valence-corrected chi connectivity index (χ1v) is 9.78. The van der Waals surface area contributed by atoms with Crippen LogP contribution in [0.5, 0.6) is 0 Å². The molecule has 144 valence electrons. The van der Waals surface area contributed by atoms with Crippen LogP contribution in [-0.4, -0.2) is 35.0 Å². The van der Waals surface area contributed by atoms with Crippen molar-refractivity contribution in [1.29, 1.82) is 5.26 Å². The summed E-state index contributed by atoms with van der Waals surface area (Å²) < 4.78 is 12.7. The topological polar surface area (TPSA) is 80.9 Å². The number of hydrogen-bond acceptors (Lipinski definition) is 6. The predicted octanol–water partition coefficient (Wildman–Crippen LogP) is 3.07. The van der Waals surface area contributed by atoms with Crippen LogP contribution in [-0.2, 0) is 19.2 Å². The summed E-state index contributed by atoms with van der Waals surface area (Å²) in [5.74, 6) is 0.461. The maximum Gasteiger partial charge on any atom is 0.201 e. The largest absolute Gasteiger partial charge is 0.388 e. The van der Waals surface area contributed by atoms with Gasteiger partial charge in [0.1, 0.15) is 0 Å². The smallest absolute Gasteiger partial charge is 0.201 e. The molecule has 1 aliphatic carbocycles. The molecule has 0 aromatic carbocycles. The van der Waals surface area contributed by atoms with E-state index < -0.39 is 23.8 Å². The maximum atomic E-state index is 10.3. The van der Waals surface area contributed by atoms with Crippen LogP contribution in [0, 0.1) is 35.0 Å². The second-order valence-corrected chi connectivity index (χ2v) is 8.83. The summed E-state index contributed by atoms with van der Waals surface area (Å²) in [6, 6.07) is 1.94. The molecule has 0 radical (unpaired) electrons. The van der Waals surface area contributed by atoms with E-state index in [1.807, 2.05) is 13.0 Å². The van der Waals surface area contributed by atoms with Crippen LogP contribution < -0.4 is 0 Å². The first kappa shape index (κ1) is 18.4. The van der Waals surface area contributed by atoms with Gasteiger partial charge >= 0.3 is 0 Å². The molecule has 5 aliphatic rings.